The van der Waals surface area contributed by atoms with Crippen LogP contribution >= 0.6 is 11.6 Å². The van der Waals surface area contributed by atoms with E-state index in [9.17, 15) is 9.90 Å². The number of rotatable bonds is 2. The van der Waals surface area contributed by atoms with Crippen molar-refractivity contribution in [2.75, 3.05) is 6.54 Å². The Morgan fingerprint density at radius 3 is 2.76 bits per heavy atom. The molecule has 92 valence electrons. The summed E-state index contributed by atoms with van der Waals surface area (Å²) in [5, 5.41) is 10.3. The summed E-state index contributed by atoms with van der Waals surface area (Å²) < 4.78 is 0. The van der Waals surface area contributed by atoms with E-state index in [-0.39, 0.29) is 23.6 Å². The van der Waals surface area contributed by atoms with E-state index in [1.807, 2.05) is 0 Å². The molecule has 0 radical (unpaired) electrons. The number of aromatic hydroxyl groups is 1. The lowest BCUT2D eigenvalue weighted by atomic mass is 9.97. The Morgan fingerprint density at radius 2 is 2.06 bits per heavy atom. The number of hydrogen-bond acceptors (Lipinski definition) is 3. The lowest BCUT2D eigenvalue weighted by Crippen LogP contribution is -2.14. The van der Waals surface area contributed by atoms with Crippen molar-refractivity contribution in [3.8, 4) is 5.75 Å². The number of halogens is 1. The van der Waals surface area contributed by atoms with Crippen LogP contribution in [0.25, 0.3) is 0 Å². The van der Waals surface area contributed by atoms with Crippen LogP contribution in [0.15, 0.2) is 6.07 Å². The van der Waals surface area contributed by atoms with Crippen LogP contribution in [0.2, 0.25) is 5.02 Å². The van der Waals surface area contributed by atoms with Gasteiger partial charge in [-0.15, -0.1) is 0 Å². The number of phenols is 1. The number of ketones is 1. The molecule has 0 aliphatic heterocycles. The molecular weight excluding hydrogens is 238 g/mol. The molecule has 0 bridgehead atoms. The van der Waals surface area contributed by atoms with Crippen LogP contribution in [0.5, 0.6) is 5.75 Å². The molecule has 0 saturated carbocycles. The Hall–Kier alpha value is -1.06. The van der Waals surface area contributed by atoms with Crippen LogP contribution in [-0.2, 0) is 12.8 Å². The molecule has 1 aliphatic carbocycles. The number of carbonyl (C=O) groups is 1. The van der Waals surface area contributed by atoms with Gasteiger partial charge < -0.3 is 10.8 Å². The third kappa shape index (κ3) is 2.31. The Morgan fingerprint density at radius 1 is 1.35 bits per heavy atom. The molecule has 3 N–H and O–H groups in total. The highest BCUT2D eigenvalue weighted by molar-refractivity contribution is 6.33. The monoisotopic (exact) mass is 253 g/mol. The third-order valence-electron chi connectivity index (χ3n) is 3.29. The molecule has 0 heterocycles. The minimum atomic E-state index is -0.267. The zero-order chi connectivity index (χ0) is 12.4. The van der Waals surface area contributed by atoms with E-state index in [1.54, 1.807) is 6.07 Å². The van der Waals surface area contributed by atoms with Gasteiger partial charge in [-0.05, 0) is 42.9 Å². The molecule has 1 aromatic rings. The number of Topliss-reactive ketones (excluding diaryl/α,β-unsaturated/α-hetero) is 1. The Labute approximate surface area is 106 Å². The van der Waals surface area contributed by atoms with Crippen molar-refractivity contribution < 1.29 is 9.90 Å². The van der Waals surface area contributed by atoms with E-state index in [1.165, 1.54) is 0 Å². The molecule has 0 amide bonds. The first-order chi connectivity index (χ1) is 8.15. The Balaban J connectivity index is 2.55. The third-order valence-corrected chi connectivity index (χ3v) is 3.70. The first-order valence-electron chi connectivity index (χ1n) is 5.91. The zero-order valence-electron chi connectivity index (χ0n) is 9.63. The van der Waals surface area contributed by atoms with Gasteiger partial charge in [0.1, 0.15) is 5.75 Å². The van der Waals surface area contributed by atoms with Crippen LogP contribution in [0.1, 0.15) is 40.7 Å². The molecular formula is C13H16ClNO2. The van der Waals surface area contributed by atoms with E-state index in [0.717, 1.165) is 43.2 Å². The van der Waals surface area contributed by atoms with Crippen LogP contribution in [0, 0.1) is 0 Å². The topological polar surface area (TPSA) is 63.3 Å². The molecule has 0 saturated heterocycles. The van der Waals surface area contributed by atoms with E-state index in [0.29, 0.717) is 5.02 Å². The fourth-order valence-corrected chi connectivity index (χ4v) is 2.66. The van der Waals surface area contributed by atoms with Gasteiger partial charge in [0, 0.05) is 0 Å². The maximum atomic E-state index is 11.6. The normalized spacial score (nSPS) is 15.2. The van der Waals surface area contributed by atoms with Crippen molar-refractivity contribution in [1.29, 1.82) is 0 Å². The Kier molecular flexibility index (Phi) is 3.69. The minimum absolute atomic E-state index is 0.108. The average molecular weight is 254 g/mol. The lowest BCUT2D eigenvalue weighted by Gasteiger charge is -2.13. The van der Waals surface area contributed by atoms with Gasteiger partial charge in [-0.1, -0.05) is 18.0 Å². The van der Waals surface area contributed by atoms with Crippen molar-refractivity contribution in [1.82, 2.24) is 0 Å². The molecule has 3 nitrogen and oxygen atoms in total. The second-order valence-electron chi connectivity index (χ2n) is 4.41. The molecule has 17 heavy (non-hydrogen) atoms. The second kappa shape index (κ2) is 5.07. The predicted octanol–water partition coefficient (Wildman–Crippen LogP) is 2.46. The first-order valence-corrected chi connectivity index (χ1v) is 6.29. The van der Waals surface area contributed by atoms with Crippen molar-refractivity contribution in [2.24, 2.45) is 5.73 Å². The highest BCUT2D eigenvalue weighted by Gasteiger charge is 2.20. The summed E-state index contributed by atoms with van der Waals surface area (Å²) in [6.07, 6.45) is 5.13. The van der Waals surface area contributed by atoms with Crippen molar-refractivity contribution >= 4 is 17.4 Å². The van der Waals surface area contributed by atoms with Gasteiger partial charge in [-0.2, -0.15) is 0 Å². The molecule has 1 aromatic carbocycles. The summed E-state index contributed by atoms with van der Waals surface area (Å²) in [5.41, 5.74) is 7.67. The largest absolute Gasteiger partial charge is 0.506 e. The highest BCUT2D eigenvalue weighted by atomic mass is 35.5. The first kappa shape index (κ1) is 12.4. The number of fused-ring (bicyclic) bond motifs is 1. The Bertz CT molecular complexity index is 457. The number of phenolic OH excluding ortho intramolecular Hbond substituents is 1. The smallest absolute Gasteiger partial charge is 0.180 e. The van der Waals surface area contributed by atoms with Gasteiger partial charge in [0.25, 0.3) is 0 Å². The fraction of sp³-hybridized carbons (Fsp3) is 0.462. The highest BCUT2D eigenvalue weighted by Crippen LogP contribution is 2.36. The number of nitrogens with two attached hydrogens (primary N) is 1. The SMILES string of the molecule is NCC(=O)c1cc2c(c(Cl)c1O)CCCCC2. The molecule has 0 atom stereocenters. The molecule has 1 aliphatic rings. The van der Waals surface area contributed by atoms with E-state index in [4.69, 9.17) is 17.3 Å². The summed E-state index contributed by atoms with van der Waals surface area (Å²) in [5.74, 6) is -0.376. The summed E-state index contributed by atoms with van der Waals surface area (Å²) in [6, 6.07) is 1.76. The molecule has 0 spiro atoms. The van der Waals surface area contributed by atoms with E-state index in [2.05, 4.69) is 0 Å². The van der Waals surface area contributed by atoms with Crippen molar-refractivity contribution in [3.63, 3.8) is 0 Å². The molecule has 2 rings (SSSR count). The molecule has 0 fully saturated rings. The fourth-order valence-electron chi connectivity index (χ4n) is 2.34. The number of aryl methyl sites for hydroxylation is 1. The van der Waals surface area contributed by atoms with E-state index < -0.39 is 0 Å². The maximum absolute atomic E-state index is 11.6. The van der Waals surface area contributed by atoms with Gasteiger partial charge in [-0.3, -0.25) is 4.79 Å². The molecule has 0 unspecified atom stereocenters. The quantitative estimate of drug-likeness (QED) is 0.629. The van der Waals surface area contributed by atoms with Crippen LogP contribution in [-0.4, -0.2) is 17.4 Å². The number of hydrogen-bond donors (Lipinski definition) is 2. The minimum Gasteiger partial charge on any atom is -0.506 e. The predicted molar refractivity (Wildman–Crippen MR) is 67.8 cm³/mol. The standard InChI is InChI=1S/C13H16ClNO2/c14-12-9-5-3-1-2-4-8(9)6-10(13(12)17)11(16)7-15/h6,17H,1-5,7,15H2. The lowest BCUT2D eigenvalue weighted by molar-refractivity contribution is 0.0998. The average Bonchev–Trinajstić information content (AvgIpc) is 2.58. The summed E-state index contributed by atoms with van der Waals surface area (Å²) in [7, 11) is 0. The van der Waals surface area contributed by atoms with Gasteiger partial charge in [0.05, 0.1) is 17.1 Å². The molecule has 4 heteroatoms. The maximum Gasteiger partial charge on any atom is 0.180 e. The number of benzene rings is 1. The number of carbonyl (C=O) groups excluding carboxylic acids is 1. The summed E-state index contributed by atoms with van der Waals surface area (Å²) >= 11 is 6.15. The van der Waals surface area contributed by atoms with Crippen molar-refractivity contribution in [2.45, 2.75) is 32.1 Å². The van der Waals surface area contributed by atoms with Crippen LogP contribution < -0.4 is 5.73 Å². The zero-order valence-corrected chi connectivity index (χ0v) is 10.4. The van der Waals surface area contributed by atoms with Gasteiger partial charge in [-0.25, -0.2) is 0 Å². The van der Waals surface area contributed by atoms with Crippen LogP contribution in [0.3, 0.4) is 0 Å². The summed E-state index contributed by atoms with van der Waals surface area (Å²) in [6.45, 7) is -0.108. The van der Waals surface area contributed by atoms with Crippen molar-refractivity contribution in [3.05, 3.63) is 27.8 Å². The van der Waals surface area contributed by atoms with Crippen LogP contribution in [0.4, 0.5) is 0 Å². The van der Waals surface area contributed by atoms with Gasteiger partial charge >= 0.3 is 0 Å². The second-order valence-corrected chi connectivity index (χ2v) is 4.79. The van der Waals surface area contributed by atoms with Gasteiger partial charge in [0.15, 0.2) is 5.78 Å². The molecule has 0 aromatic heterocycles. The summed E-state index contributed by atoms with van der Waals surface area (Å²) in [4.78, 5) is 11.6. The van der Waals surface area contributed by atoms with E-state index >= 15 is 0 Å². The van der Waals surface area contributed by atoms with Gasteiger partial charge in [0.2, 0.25) is 0 Å².